The van der Waals surface area contributed by atoms with Crippen molar-refractivity contribution < 1.29 is 27.4 Å². The van der Waals surface area contributed by atoms with Crippen LogP contribution in [-0.2, 0) is 35.6 Å². The van der Waals surface area contributed by atoms with Crippen LogP contribution in [0.1, 0.15) is 12.5 Å². The van der Waals surface area contributed by atoms with Gasteiger partial charge in [-0.2, -0.15) is 0 Å². The molecule has 0 fully saturated rings. The second-order valence-corrected chi connectivity index (χ2v) is 7.27. The van der Waals surface area contributed by atoms with Crippen molar-refractivity contribution in [2.75, 3.05) is 12.9 Å². The summed E-state index contributed by atoms with van der Waals surface area (Å²) in [6.07, 6.45) is 2.56. The van der Waals surface area contributed by atoms with Gasteiger partial charge in [0, 0.05) is 6.92 Å². The first-order valence-electron chi connectivity index (χ1n) is 7.43. The number of nitrogens with one attached hydrogen (secondary N) is 1. The number of hydrogen-bond acceptors (Lipinski definition) is 6. The van der Waals surface area contributed by atoms with Crippen molar-refractivity contribution in [1.82, 2.24) is 4.72 Å². The van der Waals surface area contributed by atoms with Gasteiger partial charge in [0.1, 0.15) is 18.2 Å². The number of rotatable bonds is 7. The maximum absolute atomic E-state index is 11.6. The van der Waals surface area contributed by atoms with Crippen molar-refractivity contribution in [3.63, 3.8) is 0 Å². The van der Waals surface area contributed by atoms with E-state index in [2.05, 4.69) is 4.72 Å². The zero-order valence-corrected chi connectivity index (χ0v) is 14.4. The van der Waals surface area contributed by atoms with Crippen LogP contribution in [0.15, 0.2) is 42.7 Å². The zero-order chi connectivity index (χ0) is 17.6. The molecule has 0 radical (unpaired) electrons. The lowest BCUT2D eigenvalue weighted by Gasteiger charge is -2.34. The number of sulfonamides is 1. The van der Waals surface area contributed by atoms with Gasteiger partial charge in [0.05, 0.1) is 25.7 Å². The molecule has 0 saturated heterocycles. The molecule has 8 heteroatoms. The van der Waals surface area contributed by atoms with Gasteiger partial charge in [-0.25, -0.2) is 13.1 Å². The highest BCUT2D eigenvalue weighted by atomic mass is 32.2. The van der Waals surface area contributed by atoms with Crippen LogP contribution in [0.25, 0.3) is 0 Å². The van der Waals surface area contributed by atoms with Crippen molar-refractivity contribution in [2.24, 2.45) is 0 Å². The van der Waals surface area contributed by atoms with Gasteiger partial charge in [0.2, 0.25) is 10.0 Å². The first-order chi connectivity index (χ1) is 11.3. The topological polar surface area (TPSA) is 90.9 Å². The zero-order valence-electron chi connectivity index (χ0n) is 13.5. The van der Waals surface area contributed by atoms with Gasteiger partial charge in [-0.3, -0.25) is 4.79 Å². The van der Waals surface area contributed by atoms with Crippen LogP contribution in [0.4, 0.5) is 0 Å². The second kappa shape index (κ2) is 8.27. The molecule has 1 aliphatic rings. The molecule has 0 amide bonds. The lowest BCUT2D eigenvalue weighted by Crippen LogP contribution is -2.54. The summed E-state index contributed by atoms with van der Waals surface area (Å²) in [5.74, 6) is -0.504. The smallest absolute Gasteiger partial charge is 0.303 e. The standard InChI is InChI=1S/C16H21NO6S/c1-12(18)23-14-8-9-22-15(16(14)17-24(2,19)20)11-21-10-13-6-4-3-5-7-13/h3-9,14-17H,10-11H2,1-2H3/t14-,15+,16+/m0/s1. The molecule has 7 nitrogen and oxygen atoms in total. The maximum atomic E-state index is 11.6. The van der Waals surface area contributed by atoms with Gasteiger partial charge in [0.25, 0.3) is 0 Å². The van der Waals surface area contributed by atoms with Gasteiger partial charge < -0.3 is 14.2 Å². The fourth-order valence-corrected chi connectivity index (χ4v) is 3.12. The highest BCUT2D eigenvalue weighted by Crippen LogP contribution is 2.18. The number of ether oxygens (including phenoxy) is 3. The summed E-state index contributed by atoms with van der Waals surface area (Å²) in [4.78, 5) is 11.2. The van der Waals surface area contributed by atoms with E-state index in [0.717, 1.165) is 11.8 Å². The van der Waals surface area contributed by atoms with Gasteiger partial charge in [-0.1, -0.05) is 30.3 Å². The lowest BCUT2D eigenvalue weighted by atomic mass is 10.0. The van der Waals surface area contributed by atoms with Gasteiger partial charge in [0.15, 0.2) is 0 Å². The summed E-state index contributed by atoms with van der Waals surface area (Å²) >= 11 is 0. The molecule has 0 aliphatic carbocycles. The minimum Gasteiger partial charge on any atom is -0.494 e. The molecule has 132 valence electrons. The fraction of sp³-hybridized carbons (Fsp3) is 0.438. The molecule has 1 aromatic rings. The molecule has 24 heavy (non-hydrogen) atoms. The first kappa shape index (κ1) is 18.4. The monoisotopic (exact) mass is 355 g/mol. The third-order valence-electron chi connectivity index (χ3n) is 3.32. The van der Waals surface area contributed by atoms with E-state index in [1.807, 2.05) is 30.3 Å². The average Bonchev–Trinajstić information content (AvgIpc) is 2.49. The molecule has 0 saturated carbocycles. The van der Waals surface area contributed by atoms with Crippen LogP contribution in [0.5, 0.6) is 0 Å². The average molecular weight is 355 g/mol. The Balaban J connectivity index is 2.02. The van der Waals surface area contributed by atoms with Crippen molar-refractivity contribution >= 4 is 16.0 Å². The third-order valence-corrected chi connectivity index (χ3v) is 4.02. The highest BCUT2D eigenvalue weighted by molar-refractivity contribution is 7.88. The summed E-state index contributed by atoms with van der Waals surface area (Å²) in [6, 6.07) is 8.82. The predicted molar refractivity (Wildman–Crippen MR) is 87.4 cm³/mol. The fourth-order valence-electron chi connectivity index (χ4n) is 2.34. The molecule has 1 heterocycles. The van der Waals surface area contributed by atoms with E-state index in [-0.39, 0.29) is 6.61 Å². The molecular weight excluding hydrogens is 334 g/mol. The van der Waals surface area contributed by atoms with Crippen molar-refractivity contribution in [2.45, 2.75) is 31.8 Å². The van der Waals surface area contributed by atoms with Crippen molar-refractivity contribution in [3.05, 3.63) is 48.2 Å². The van der Waals surface area contributed by atoms with E-state index in [9.17, 15) is 13.2 Å². The Bertz CT molecular complexity index is 673. The normalized spacial score (nSPS) is 23.5. The highest BCUT2D eigenvalue weighted by Gasteiger charge is 2.36. The van der Waals surface area contributed by atoms with Crippen LogP contribution in [0.3, 0.4) is 0 Å². The second-order valence-electron chi connectivity index (χ2n) is 5.49. The number of esters is 1. The van der Waals surface area contributed by atoms with Crippen LogP contribution in [0, 0.1) is 0 Å². The van der Waals surface area contributed by atoms with E-state index in [0.29, 0.717) is 6.61 Å². The van der Waals surface area contributed by atoms with E-state index < -0.39 is 34.2 Å². The van der Waals surface area contributed by atoms with Crippen molar-refractivity contribution in [1.29, 1.82) is 0 Å². The molecule has 1 N–H and O–H groups in total. The molecular formula is C16H21NO6S. The van der Waals surface area contributed by atoms with E-state index in [1.54, 1.807) is 0 Å². The van der Waals surface area contributed by atoms with E-state index in [4.69, 9.17) is 14.2 Å². The molecule has 1 aliphatic heterocycles. The summed E-state index contributed by atoms with van der Waals surface area (Å²) in [7, 11) is -3.51. The lowest BCUT2D eigenvalue weighted by molar-refractivity contribution is -0.148. The van der Waals surface area contributed by atoms with Gasteiger partial charge in [-0.05, 0) is 11.6 Å². The Kier molecular flexibility index (Phi) is 6.36. The predicted octanol–water partition coefficient (Wildman–Crippen LogP) is 0.965. The summed E-state index contributed by atoms with van der Waals surface area (Å²) < 4.78 is 41.9. The van der Waals surface area contributed by atoms with Gasteiger partial charge in [-0.15, -0.1) is 0 Å². The Morgan fingerprint density at radius 3 is 2.62 bits per heavy atom. The molecule has 0 bridgehead atoms. The van der Waals surface area contributed by atoms with Gasteiger partial charge >= 0.3 is 5.97 Å². The molecule has 2 rings (SSSR count). The molecule has 0 unspecified atom stereocenters. The van der Waals surface area contributed by atoms with Crippen LogP contribution >= 0.6 is 0 Å². The van der Waals surface area contributed by atoms with Crippen LogP contribution < -0.4 is 4.72 Å². The maximum Gasteiger partial charge on any atom is 0.303 e. The molecule has 0 spiro atoms. The number of benzene rings is 1. The Morgan fingerprint density at radius 1 is 1.29 bits per heavy atom. The SMILES string of the molecule is CC(=O)O[C@H]1C=CO[C@H](COCc2ccccc2)[C@@H]1NS(C)(=O)=O. The summed E-state index contributed by atoms with van der Waals surface area (Å²) in [5.41, 5.74) is 0.994. The van der Waals surface area contributed by atoms with E-state index in [1.165, 1.54) is 19.3 Å². The Morgan fingerprint density at radius 2 is 2.00 bits per heavy atom. The molecule has 3 atom stereocenters. The van der Waals surface area contributed by atoms with Crippen molar-refractivity contribution in [3.8, 4) is 0 Å². The Hall–Kier alpha value is -1.90. The third kappa shape index (κ3) is 5.95. The number of hydrogen-bond donors (Lipinski definition) is 1. The largest absolute Gasteiger partial charge is 0.494 e. The first-order valence-corrected chi connectivity index (χ1v) is 9.32. The van der Waals surface area contributed by atoms with Crippen LogP contribution in [0.2, 0.25) is 0 Å². The number of carbonyl (C=O) groups is 1. The quantitative estimate of drug-likeness (QED) is 0.733. The summed E-state index contributed by atoms with van der Waals surface area (Å²) in [5, 5.41) is 0. The number of carbonyl (C=O) groups excluding carboxylic acids is 1. The molecule has 1 aromatic carbocycles. The van der Waals surface area contributed by atoms with Crippen LogP contribution in [-0.4, -0.2) is 45.5 Å². The minimum absolute atomic E-state index is 0.143. The minimum atomic E-state index is -3.51. The van der Waals surface area contributed by atoms with E-state index >= 15 is 0 Å². The molecule has 0 aromatic heterocycles. The summed E-state index contributed by atoms with van der Waals surface area (Å²) in [6.45, 7) is 1.78. The Labute approximate surface area is 141 Å².